The number of hydrogen-bond donors (Lipinski definition) is 0. The molecule has 4 heteroatoms. The number of rotatable bonds is 6. The molecule has 0 amide bonds. The molecule has 1 nitrogen and oxygen atoms in total. The number of allylic oxidation sites excluding steroid dienone is 1. The zero-order valence-electron chi connectivity index (χ0n) is 18.2. The van der Waals surface area contributed by atoms with E-state index < -0.39 is 16.1 Å². The summed E-state index contributed by atoms with van der Waals surface area (Å²) < 4.78 is 3.81. The Hall–Kier alpha value is 0.517. The van der Waals surface area contributed by atoms with Crippen LogP contribution >= 0.6 is 0 Å². The minimum atomic E-state index is -1.24. The molecule has 26 heavy (non-hydrogen) atoms. The van der Waals surface area contributed by atoms with Crippen molar-refractivity contribution in [3.05, 3.63) is 12.3 Å². The first kappa shape index (κ1) is 19.8. The van der Waals surface area contributed by atoms with E-state index in [-0.39, 0.29) is 15.7 Å². The molecule has 0 aromatic carbocycles. The van der Waals surface area contributed by atoms with E-state index in [1.165, 1.54) is 18.1 Å². The van der Waals surface area contributed by atoms with Crippen LogP contribution in [0.4, 0.5) is 0 Å². The predicted molar refractivity (Wildman–Crippen MR) is 121 cm³/mol. The quantitative estimate of drug-likeness (QED) is 0.420. The van der Waals surface area contributed by atoms with Gasteiger partial charge in [-0.15, -0.1) is 0 Å². The van der Waals surface area contributed by atoms with Crippen LogP contribution in [0.5, 0.6) is 0 Å². The fraction of sp³-hybridized carbons (Fsp3) is 0.909. The maximum absolute atomic E-state index is 3.10. The third-order valence-corrected chi connectivity index (χ3v) is 33.7. The molecule has 0 spiro atoms. The van der Waals surface area contributed by atoms with Crippen LogP contribution in [0.25, 0.3) is 0 Å². The van der Waals surface area contributed by atoms with Gasteiger partial charge in [0.1, 0.15) is 0 Å². The normalized spacial score (nSPS) is 42.1. The van der Waals surface area contributed by atoms with Gasteiger partial charge in [0.05, 0.1) is 0 Å². The molecule has 1 atom stereocenters. The van der Waals surface area contributed by atoms with E-state index in [4.69, 9.17) is 0 Å². The molecule has 0 aromatic heterocycles. The molecule has 0 saturated heterocycles. The Bertz CT molecular complexity index is 534. The third kappa shape index (κ3) is 2.65. The molecule has 1 aliphatic heterocycles. The molecule has 0 N–H and O–H groups in total. The molecular weight excluding hydrogens is 407 g/mol. The first-order valence-electron chi connectivity index (χ1n) is 11.5. The van der Waals surface area contributed by atoms with Gasteiger partial charge in [0.25, 0.3) is 0 Å². The van der Waals surface area contributed by atoms with Crippen LogP contribution in [-0.2, 0) is 0 Å². The fourth-order valence-electron chi connectivity index (χ4n) is 8.18. The SMILES string of the molecule is CC[Si](CC)(CC)[C]1([Si](C)(C)C)C=C[N](C23CC4CC(CC(C4)C2)C3)[Ge]1. The number of nitrogens with zero attached hydrogens (tertiary/aromatic N) is 1. The molecule has 1 unspecified atom stereocenters. The van der Waals surface area contributed by atoms with Crippen LogP contribution in [-0.4, -0.2) is 41.2 Å². The van der Waals surface area contributed by atoms with E-state index in [2.05, 4.69) is 56.5 Å². The second-order valence-corrected chi connectivity index (χ2v) is 27.8. The van der Waals surface area contributed by atoms with Crippen LogP contribution in [0.1, 0.15) is 59.3 Å². The molecule has 1 heterocycles. The summed E-state index contributed by atoms with van der Waals surface area (Å²) in [7, 11) is -2.48. The summed E-state index contributed by atoms with van der Waals surface area (Å²) >= 11 is -0.0713. The van der Waals surface area contributed by atoms with Crippen molar-refractivity contribution >= 4 is 31.8 Å². The minimum absolute atomic E-state index is 0.0713. The fourth-order valence-corrected chi connectivity index (χ4v) is 31.6. The average Bonchev–Trinajstić information content (AvgIpc) is 3.04. The van der Waals surface area contributed by atoms with E-state index in [9.17, 15) is 0 Å². The Kier molecular flexibility index (Phi) is 4.97. The Balaban J connectivity index is 1.68. The Labute approximate surface area is 171 Å². The molecule has 0 aromatic rings. The molecule has 5 aliphatic rings. The molecule has 4 aliphatic carbocycles. The maximum atomic E-state index is 3.10. The van der Waals surface area contributed by atoms with Crippen LogP contribution in [0.3, 0.4) is 0 Å². The van der Waals surface area contributed by atoms with E-state index >= 15 is 0 Å². The molecule has 4 saturated carbocycles. The molecule has 4 bridgehead atoms. The van der Waals surface area contributed by atoms with Gasteiger partial charge < -0.3 is 0 Å². The van der Waals surface area contributed by atoms with Crippen molar-refractivity contribution in [3.8, 4) is 0 Å². The van der Waals surface area contributed by atoms with Crippen molar-refractivity contribution in [2.75, 3.05) is 0 Å². The van der Waals surface area contributed by atoms with Gasteiger partial charge in [-0.2, -0.15) is 0 Å². The van der Waals surface area contributed by atoms with E-state index in [0.29, 0.717) is 9.03 Å². The van der Waals surface area contributed by atoms with Crippen molar-refractivity contribution in [1.82, 2.24) is 3.86 Å². The number of hydrogen-bond acceptors (Lipinski definition) is 1. The van der Waals surface area contributed by atoms with Crippen LogP contribution < -0.4 is 0 Å². The molecule has 2 radical (unpaired) electrons. The zero-order valence-corrected chi connectivity index (χ0v) is 22.3. The summed E-state index contributed by atoms with van der Waals surface area (Å²) in [6.07, 6.45) is 15.0. The standard InChI is InChI=1S/C22H41GeNSi2/c1-7-26(8-2,9-3)22(25(4,5)6)10-11-24(23-22)21-15-18-12-19(16-21)14-20(13-18)17-21/h10-11,18-20H,7-9,12-17H2,1-6H3. The van der Waals surface area contributed by atoms with Gasteiger partial charge in [-0.25, -0.2) is 0 Å². The summed E-state index contributed by atoms with van der Waals surface area (Å²) in [6.45, 7) is 15.8. The topological polar surface area (TPSA) is 3.24 Å². The van der Waals surface area contributed by atoms with Crippen LogP contribution in [0.15, 0.2) is 12.3 Å². The van der Waals surface area contributed by atoms with Crippen molar-refractivity contribution in [1.29, 1.82) is 0 Å². The van der Waals surface area contributed by atoms with Gasteiger partial charge in [0, 0.05) is 0 Å². The Morgan fingerprint density at radius 2 is 1.35 bits per heavy atom. The monoisotopic (exact) mass is 449 g/mol. The van der Waals surface area contributed by atoms with E-state index in [1.807, 2.05) is 0 Å². The molecule has 4 fully saturated rings. The van der Waals surface area contributed by atoms with Gasteiger partial charge in [-0.05, 0) is 0 Å². The first-order chi connectivity index (χ1) is 12.2. The summed E-state index contributed by atoms with van der Waals surface area (Å²) in [5, 5.41) is 0. The second-order valence-electron chi connectivity index (χ2n) is 11.3. The van der Waals surface area contributed by atoms with Crippen molar-refractivity contribution in [2.24, 2.45) is 17.8 Å². The molecule has 146 valence electrons. The summed E-state index contributed by atoms with van der Waals surface area (Å²) in [6, 6.07) is 4.52. The zero-order chi connectivity index (χ0) is 18.8. The Morgan fingerprint density at radius 1 is 0.885 bits per heavy atom. The average molecular weight is 448 g/mol. The van der Waals surface area contributed by atoms with Gasteiger partial charge >= 0.3 is 172 Å². The molecule has 5 rings (SSSR count). The van der Waals surface area contributed by atoms with Crippen LogP contribution in [0.2, 0.25) is 41.3 Å². The van der Waals surface area contributed by atoms with Crippen LogP contribution in [0, 0.1) is 17.8 Å². The summed E-state index contributed by atoms with van der Waals surface area (Å²) in [4.78, 5) is 0. The van der Waals surface area contributed by atoms with Gasteiger partial charge in [0.15, 0.2) is 0 Å². The van der Waals surface area contributed by atoms with Gasteiger partial charge in [0.2, 0.25) is 0 Å². The van der Waals surface area contributed by atoms with E-state index in [1.54, 1.807) is 38.5 Å². The predicted octanol–water partition coefficient (Wildman–Crippen LogP) is 6.49. The van der Waals surface area contributed by atoms with Crippen molar-refractivity contribution in [2.45, 2.75) is 106 Å². The van der Waals surface area contributed by atoms with Crippen molar-refractivity contribution in [3.63, 3.8) is 0 Å². The second kappa shape index (κ2) is 6.52. The van der Waals surface area contributed by atoms with E-state index in [0.717, 1.165) is 17.8 Å². The molecular formula is C22H41GeNSi2. The first-order valence-corrected chi connectivity index (χ1v) is 19.6. The summed E-state index contributed by atoms with van der Waals surface area (Å²) in [5.74, 6) is 3.23. The Morgan fingerprint density at radius 3 is 1.73 bits per heavy atom. The van der Waals surface area contributed by atoms with Crippen molar-refractivity contribution < 1.29 is 0 Å². The summed E-state index contributed by atoms with van der Waals surface area (Å²) in [5.41, 5.74) is 0.613. The van der Waals surface area contributed by atoms with Gasteiger partial charge in [-0.1, -0.05) is 0 Å². The third-order valence-electron chi connectivity index (χ3n) is 9.34. The van der Waals surface area contributed by atoms with Gasteiger partial charge in [-0.3, -0.25) is 0 Å².